The number of nitro groups is 1. The van der Waals surface area contributed by atoms with Crippen molar-refractivity contribution in [2.45, 2.75) is 6.92 Å². The van der Waals surface area contributed by atoms with Crippen LogP contribution in [0, 0.1) is 17.0 Å². The van der Waals surface area contributed by atoms with Crippen LogP contribution in [0.25, 0.3) is 11.1 Å². The smallest absolute Gasteiger partial charge is 0.295 e. The number of nitrogens with zero attached hydrogens (tertiary/aromatic N) is 1. The summed E-state index contributed by atoms with van der Waals surface area (Å²) in [5, 5.41) is 11.1. The van der Waals surface area contributed by atoms with Crippen LogP contribution in [0.2, 0.25) is 5.02 Å². The monoisotopic (exact) mass is 236 g/mol. The topological polar surface area (TPSA) is 58.9 Å². The lowest BCUT2D eigenvalue weighted by Crippen LogP contribution is -1.93. The third-order valence-electron chi connectivity index (χ3n) is 2.41. The SMILES string of the molecule is Cc1c[nH]cc1-c1cccc(Cl)c1[N+](=O)[O-]. The first-order valence-corrected chi connectivity index (χ1v) is 5.05. The first-order chi connectivity index (χ1) is 7.61. The highest BCUT2D eigenvalue weighted by Gasteiger charge is 2.20. The number of para-hydroxylation sites is 1. The van der Waals surface area contributed by atoms with Gasteiger partial charge in [-0.25, -0.2) is 0 Å². The van der Waals surface area contributed by atoms with E-state index in [1.54, 1.807) is 24.5 Å². The highest BCUT2D eigenvalue weighted by atomic mass is 35.5. The number of rotatable bonds is 2. The molecule has 1 aromatic carbocycles. The van der Waals surface area contributed by atoms with Gasteiger partial charge in [0.2, 0.25) is 0 Å². The maximum absolute atomic E-state index is 11.0. The molecule has 1 N–H and O–H groups in total. The third-order valence-corrected chi connectivity index (χ3v) is 2.72. The molecular formula is C11H9ClN2O2. The number of nitro benzene ring substituents is 1. The predicted molar refractivity (Wildman–Crippen MR) is 62.6 cm³/mol. The van der Waals surface area contributed by atoms with E-state index in [-0.39, 0.29) is 10.7 Å². The molecule has 0 aliphatic carbocycles. The zero-order chi connectivity index (χ0) is 11.7. The van der Waals surface area contributed by atoms with Crippen molar-refractivity contribution in [2.24, 2.45) is 0 Å². The standard InChI is InChI=1S/C11H9ClN2O2/c1-7-5-13-6-9(7)8-3-2-4-10(12)11(8)14(15)16/h2-6,13H,1H3. The van der Waals surface area contributed by atoms with Crippen LogP contribution >= 0.6 is 11.6 Å². The molecule has 0 spiro atoms. The molecule has 0 bridgehead atoms. The van der Waals surface area contributed by atoms with Gasteiger partial charge in [-0.2, -0.15) is 0 Å². The van der Waals surface area contributed by atoms with E-state index in [9.17, 15) is 10.1 Å². The lowest BCUT2D eigenvalue weighted by atomic mass is 10.0. The molecule has 0 saturated heterocycles. The number of hydrogen-bond acceptors (Lipinski definition) is 2. The Labute approximate surface area is 97.0 Å². The second-order valence-electron chi connectivity index (χ2n) is 3.45. The highest BCUT2D eigenvalue weighted by molar-refractivity contribution is 6.33. The van der Waals surface area contributed by atoms with Crippen LogP contribution in [0.15, 0.2) is 30.6 Å². The summed E-state index contributed by atoms with van der Waals surface area (Å²) in [5.74, 6) is 0. The van der Waals surface area contributed by atoms with E-state index in [0.717, 1.165) is 11.1 Å². The third kappa shape index (κ3) is 1.67. The average Bonchev–Trinajstić information content (AvgIpc) is 2.63. The Balaban J connectivity index is 2.70. The summed E-state index contributed by atoms with van der Waals surface area (Å²) in [6, 6.07) is 4.92. The van der Waals surface area contributed by atoms with Gasteiger partial charge in [-0.1, -0.05) is 17.7 Å². The lowest BCUT2D eigenvalue weighted by Gasteiger charge is -2.03. The van der Waals surface area contributed by atoms with Gasteiger partial charge in [0.25, 0.3) is 5.69 Å². The molecule has 0 saturated carbocycles. The quantitative estimate of drug-likeness (QED) is 0.640. The number of benzene rings is 1. The molecule has 16 heavy (non-hydrogen) atoms. The molecular weight excluding hydrogens is 228 g/mol. The molecule has 2 aromatic rings. The van der Waals surface area contributed by atoms with Gasteiger partial charge >= 0.3 is 0 Å². The summed E-state index contributed by atoms with van der Waals surface area (Å²) < 4.78 is 0. The van der Waals surface area contributed by atoms with Gasteiger partial charge in [0.1, 0.15) is 5.02 Å². The van der Waals surface area contributed by atoms with E-state index < -0.39 is 4.92 Å². The summed E-state index contributed by atoms with van der Waals surface area (Å²) in [6.07, 6.45) is 3.52. The van der Waals surface area contributed by atoms with Crippen molar-refractivity contribution in [1.82, 2.24) is 4.98 Å². The van der Waals surface area contributed by atoms with Gasteiger partial charge in [-0.15, -0.1) is 0 Å². The van der Waals surface area contributed by atoms with Crippen molar-refractivity contribution in [3.05, 3.63) is 51.3 Å². The van der Waals surface area contributed by atoms with Crippen molar-refractivity contribution in [1.29, 1.82) is 0 Å². The number of hydrogen-bond donors (Lipinski definition) is 1. The molecule has 4 nitrogen and oxygen atoms in total. The van der Waals surface area contributed by atoms with E-state index in [1.165, 1.54) is 6.07 Å². The van der Waals surface area contributed by atoms with E-state index >= 15 is 0 Å². The number of H-pyrrole nitrogens is 1. The fraction of sp³-hybridized carbons (Fsp3) is 0.0909. The Morgan fingerprint density at radius 2 is 2.06 bits per heavy atom. The van der Waals surface area contributed by atoms with Crippen LogP contribution in [0.3, 0.4) is 0 Å². The molecule has 0 radical (unpaired) electrons. The van der Waals surface area contributed by atoms with Crippen LogP contribution in [-0.2, 0) is 0 Å². The molecule has 82 valence electrons. The largest absolute Gasteiger partial charge is 0.367 e. The Morgan fingerprint density at radius 3 is 2.62 bits per heavy atom. The predicted octanol–water partition coefficient (Wildman–Crippen LogP) is 3.55. The maximum Gasteiger partial charge on any atom is 0.295 e. The molecule has 0 atom stereocenters. The Morgan fingerprint density at radius 1 is 1.31 bits per heavy atom. The minimum absolute atomic E-state index is 0.0492. The molecule has 5 heteroatoms. The Bertz CT molecular complexity index is 549. The number of aryl methyl sites for hydroxylation is 1. The fourth-order valence-corrected chi connectivity index (χ4v) is 1.89. The Kier molecular flexibility index (Phi) is 2.66. The van der Waals surface area contributed by atoms with Gasteiger partial charge in [0, 0.05) is 18.0 Å². The highest BCUT2D eigenvalue weighted by Crippen LogP contribution is 2.36. The first kappa shape index (κ1) is 10.7. The number of aromatic nitrogens is 1. The summed E-state index contributed by atoms with van der Waals surface area (Å²) >= 11 is 5.84. The minimum Gasteiger partial charge on any atom is -0.367 e. The second kappa shape index (κ2) is 3.98. The molecule has 1 heterocycles. The normalized spacial score (nSPS) is 10.4. The van der Waals surface area contributed by atoms with Crippen molar-refractivity contribution < 1.29 is 4.92 Å². The molecule has 2 rings (SSSR count). The first-order valence-electron chi connectivity index (χ1n) is 4.68. The summed E-state index contributed by atoms with van der Waals surface area (Å²) in [6.45, 7) is 1.89. The van der Waals surface area contributed by atoms with Crippen molar-refractivity contribution >= 4 is 17.3 Å². The van der Waals surface area contributed by atoms with E-state index in [2.05, 4.69) is 4.98 Å². The summed E-state index contributed by atoms with van der Waals surface area (Å²) in [4.78, 5) is 13.4. The Hall–Kier alpha value is -1.81. The number of halogens is 1. The molecule has 0 aliphatic heterocycles. The zero-order valence-corrected chi connectivity index (χ0v) is 9.28. The molecule has 0 amide bonds. The second-order valence-corrected chi connectivity index (χ2v) is 3.85. The van der Waals surface area contributed by atoms with Crippen LogP contribution in [0.1, 0.15) is 5.56 Å². The van der Waals surface area contributed by atoms with Crippen molar-refractivity contribution in [3.63, 3.8) is 0 Å². The van der Waals surface area contributed by atoms with Crippen LogP contribution in [-0.4, -0.2) is 9.91 Å². The van der Waals surface area contributed by atoms with Gasteiger partial charge < -0.3 is 4.98 Å². The zero-order valence-electron chi connectivity index (χ0n) is 8.53. The van der Waals surface area contributed by atoms with Crippen molar-refractivity contribution in [3.8, 4) is 11.1 Å². The molecule has 0 unspecified atom stereocenters. The van der Waals surface area contributed by atoms with E-state index in [1.807, 2.05) is 6.92 Å². The van der Waals surface area contributed by atoms with Gasteiger partial charge in [0.15, 0.2) is 0 Å². The molecule has 1 aromatic heterocycles. The summed E-state index contributed by atoms with van der Waals surface area (Å²) in [7, 11) is 0. The summed E-state index contributed by atoms with van der Waals surface area (Å²) in [5.41, 5.74) is 2.24. The van der Waals surface area contributed by atoms with Gasteiger partial charge in [-0.05, 0) is 24.6 Å². The van der Waals surface area contributed by atoms with Gasteiger partial charge in [-0.3, -0.25) is 10.1 Å². The molecule has 0 aliphatic rings. The fourth-order valence-electron chi connectivity index (χ4n) is 1.65. The minimum atomic E-state index is -0.454. The van der Waals surface area contributed by atoms with Crippen LogP contribution in [0.4, 0.5) is 5.69 Å². The van der Waals surface area contributed by atoms with Crippen molar-refractivity contribution in [2.75, 3.05) is 0 Å². The van der Waals surface area contributed by atoms with Crippen LogP contribution in [0.5, 0.6) is 0 Å². The number of nitrogens with one attached hydrogen (secondary N) is 1. The van der Waals surface area contributed by atoms with E-state index in [4.69, 9.17) is 11.6 Å². The van der Waals surface area contributed by atoms with Gasteiger partial charge in [0.05, 0.1) is 10.5 Å². The lowest BCUT2D eigenvalue weighted by molar-refractivity contribution is -0.384. The molecule has 0 fully saturated rings. The number of aromatic amines is 1. The average molecular weight is 237 g/mol. The van der Waals surface area contributed by atoms with Crippen LogP contribution < -0.4 is 0 Å². The van der Waals surface area contributed by atoms with E-state index in [0.29, 0.717) is 5.56 Å². The maximum atomic E-state index is 11.0.